The fraction of sp³-hybridized carbons (Fsp3) is 1.00. The standard InChI is InChI=1S/C8H19N3.2ClH/c1-9-3-4-11-7-5-10(2)6-8-11;;/h9H,3-8H2,1-2H3;2*1H. The van der Waals surface area contributed by atoms with Crippen molar-refractivity contribution in [3.63, 3.8) is 0 Å². The summed E-state index contributed by atoms with van der Waals surface area (Å²) in [7, 11) is 4.20. The molecule has 1 N–H and O–H groups in total. The molecule has 1 saturated heterocycles. The van der Waals surface area contributed by atoms with Crippen LogP contribution in [0.25, 0.3) is 0 Å². The highest BCUT2D eigenvalue weighted by Gasteiger charge is 2.11. The molecule has 0 saturated carbocycles. The average molecular weight is 230 g/mol. The van der Waals surface area contributed by atoms with Gasteiger partial charge in [0.05, 0.1) is 0 Å². The Labute approximate surface area is 93.7 Å². The van der Waals surface area contributed by atoms with E-state index in [4.69, 9.17) is 0 Å². The lowest BCUT2D eigenvalue weighted by molar-refractivity contribution is 0.155. The largest absolute Gasteiger partial charge is 0.318 e. The molecule has 0 aliphatic carbocycles. The molecule has 1 aliphatic heterocycles. The third-order valence-corrected chi connectivity index (χ3v) is 2.27. The fourth-order valence-electron chi connectivity index (χ4n) is 1.34. The Hall–Kier alpha value is 0.460. The molecule has 13 heavy (non-hydrogen) atoms. The number of nitrogens with one attached hydrogen (secondary N) is 1. The van der Waals surface area contributed by atoms with E-state index in [9.17, 15) is 0 Å². The van der Waals surface area contributed by atoms with E-state index in [2.05, 4.69) is 22.2 Å². The van der Waals surface area contributed by atoms with Gasteiger partial charge in [-0.25, -0.2) is 0 Å². The van der Waals surface area contributed by atoms with Crippen molar-refractivity contribution in [2.24, 2.45) is 0 Å². The minimum atomic E-state index is 0. The van der Waals surface area contributed by atoms with Crippen LogP contribution in [0.4, 0.5) is 0 Å². The summed E-state index contributed by atoms with van der Waals surface area (Å²) in [5, 5.41) is 3.17. The molecule has 0 aromatic carbocycles. The minimum Gasteiger partial charge on any atom is -0.318 e. The Morgan fingerprint density at radius 3 is 2.08 bits per heavy atom. The van der Waals surface area contributed by atoms with Crippen molar-refractivity contribution >= 4 is 24.8 Å². The average Bonchev–Trinajstić information content (AvgIpc) is 2.04. The van der Waals surface area contributed by atoms with Gasteiger partial charge in [0.1, 0.15) is 0 Å². The van der Waals surface area contributed by atoms with Gasteiger partial charge in [-0.3, -0.25) is 4.90 Å². The number of halogens is 2. The van der Waals surface area contributed by atoms with Crippen LogP contribution in [0.3, 0.4) is 0 Å². The first-order chi connectivity index (χ1) is 5.33. The van der Waals surface area contributed by atoms with Crippen molar-refractivity contribution in [2.75, 3.05) is 53.4 Å². The first-order valence-electron chi connectivity index (χ1n) is 4.38. The summed E-state index contributed by atoms with van der Waals surface area (Å²) in [6, 6.07) is 0. The van der Waals surface area contributed by atoms with E-state index in [1.807, 2.05) is 7.05 Å². The van der Waals surface area contributed by atoms with Crippen LogP contribution < -0.4 is 5.32 Å². The van der Waals surface area contributed by atoms with Crippen LogP contribution >= 0.6 is 24.8 Å². The lowest BCUT2D eigenvalue weighted by Crippen LogP contribution is -2.46. The van der Waals surface area contributed by atoms with Gasteiger partial charge in [-0.1, -0.05) is 0 Å². The molecule has 0 aromatic rings. The fourth-order valence-corrected chi connectivity index (χ4v) is 1.34. The van der Waals surface area contributed by atoms with Gasteiger partial charge in [0.2, 0.25) is 0 Å². The summed E-state index contributed by atoms with van der Waals surface area (Å²) in [5.74, 6) is 0. The number of hydrogen-bond donors (Lipinski definition) is 1. The predicted octanol–water partition coefficient (Wildman–Crippen LogP) is 0.297. The van der Waals surface area contributed by atoms with E-state index in [1.165, 1.54) is 32.7 Å². The summed E-state index contributed by atoms with van der Waals surface area (Å²) in [4.78, 5) is 4.90. The van der Waals surface area contributed by atoms with Crippen LogP contribution in [-0.2, 0) is 0 Å². The van der Waals surface area contributed by atoms with Crippen molar-refractivity contribution in [1.29, 1.82) is 0 Å². The molecular formula is C8H21Cl2N3. The van der Waals surface area contributed by atoms with Gasteiger partial charge in [-0.2, -0.15) is 0 Å². The van der Waals surface area contributed by atoms with Crippen molar-refractivity contribution < 1.29 is 0 Å². The summed E-state index contributed by atoms with van der Waals surface area (Å²) in [6.07, 6.45) is 0. The molecule has 0 unspecified atom stereocenters. The Bertz CT molecular complexity index is 103. The summed E-state index contributed by atoms with van der Waals surface area (Å²) in [5.41, 5.74) is 0. The van der Waals surface area contributed by atoms with Crippen LogP contribution in [0.15, 0.2) is 0 Å². The predicted molar refractivity (Wildman–Crippen MR) is 62.4 cm³/mol. The Kier molecular flexibility index (Phi) is 11.1. The van der Waals surface area contributed by atoms with E-state index in [0.717, 1.165) is 6.54 Å². The van der Waals surface area contributed by atoms with Crippen LogP contribution in [0.2, 0.25) is 0 Å². The third-order valence-electron chi connectivity index (χ3n) is 2.27. The minimum absolute atomic E-state index is 0. The van der Waals surface area contributed by atoms with Crippen molar-refractivity contribution in [1.82, 2.24) is 15.1 Å². The maximum absolute atomic E-state index is 3.17. The van der Waals surface area contributed by atoms with E-state index < -0.39 is 0 Å². The van der Waals surface area contributed by atoms with E-state index in [0.29, 0.717) is 0 Å². The quantitative estimate of drug-likeness (QED) is 0.752. The van der Waals surface area contributed by atoms with Crippen LogP contribution in [0.5, 0.6) is 0 Å². The third kappa shape index (κ3) is 6.52. The number of hydrogen-bond acceptors (Lipinski definition) is 3. The Balaban J connectivity index is 0. The zero-order chi connectivity index (χ0) is 8.10. The second-order valence-corrected chi connectivity index (χ2v) is 3.25. The highest BCUT2D eigenvalue weighted by Crippen LogP contribution is 1.96. The number of nitrogens with zero attached hydrogens (tertiary/aromatic N) is 2. The topological polar surface area (TPSA) is 18.5 Å². The molecule has 1 rings (SSSR count). The van der Waals surface area contributed by atoms with Crippen LogP contribution in [0.1, 0.15) is 0 Å². The van der Waals surface area contributed by atoms with Gasteiger partial charge >= 0.3 is 0 Å². The normalized spacial score (nSPS) is 18.9. The first kappa shape index (κ1) is 15.9. The second kappa shape index (κ2) is 9.03. The second-order valence-electron chi connectivity index (χ2n) is 3.25. The summed E-state index contributed by atoms with van der Waals surface area (Å²) < 4.78 is 0. The zero-order valence-corrected chi connectivity index (χ0v) is 10.1. The van der Waals surface area contributed by atoms with E-state index >= 15 is 0 Å². The van der Waals surface area contributed by atoms with Gasteiger partial charge in [0, 0.05) is 39.3 Å². The number of rotatable bonds is 3. The molecule has 0 radical (unpaired) electrons. The molecule has 1 aliphatic rings. The smallest absolute Gasteiger partial charge is 0.0110 e. The molecule has 82 valence electrons. The lowest BCUT2D eigenvalue weighted by Gasteiger charge is -2.32. The molecule has 1 heterocycles. The van der Waals surface area contributed by atoms with Gasteiger partial charge in [0.15, 0.2) is 0 Å². The molecular weight excluding hydrogens is 209 g/mol. The van der Waals surface area contributed by atoms with Crippen molar-refractivity contribution in [3.8, 4) is 0 Å². The maximum atomic E-state index is 3.17. The maximum Gasteiger partial charge on any atom is 0.0110 e. The van der Waals surface area contributed by atoms with Gasteiger partial charge < -0.3 is 10.2 Å². The Morgan fingerprint density at radius 1 is 1.08 bits per heavy atom. The molecule has 0 spiro atoms. The molecule has 5 heteroatoms. The summed E-state index contributed by atoms with van der Waals surface area (Å²) >= 11 is 0. The van der Waals surface area contributed by atoms with Crippen molar-refractivity contribution in [3.05, 3.63) is 0 Å². The molecule has 0 amide bonds. The molecule has 3 nitrogen and oxygen atoms in total. The van der Waals surface area contributed by atoms with Crippen LogP contribution in [0, 0.1) is 0 Å². The molecule has 0 aromatic heterocycles. The number of piperazine rings is 1. The first-order valence-corrected chi connectivity index (χ1v) is 4.38. The zero-order valence-electron chi connectivity index (χ0n) is 8.45. The van der Waals surface area contributed by atoms with Crippen molar-refractivity contribution in [2.45, 2.75) is 0 Å². The monoisotopic (exact) mass is 229 g/mol. The molecule has 1 fully saturated rings. The van der Waals surface area contributed by atoms with Gasteiger partial charge in [0.25, 0.3) is 0 Å². The number of likely N-dealkylation sites (N-methyl/N-ethyl adjacent to an activating group) is 2. The lowest BCUT2D eigenvalue weighted by atomic mass is 10.3. The SMILES string of the molecule is CNCCN1CCN(C)CC1.Cl.Cl. The van der Waals surface area contributed by atoms with Gasteiger partial charge in [-0.05, 0) is 14.1 Å². The molecule has 0 atom stereocenters. The summed E-state index contributed by atoms with van der Waals surface area (Å²) in [6.45, 7) is 7.23. The van der Waals surface area contributed by atoms with E-state index in [-0.39, 0.29) is 24.8 Å². The van der Waals surface area contributed by atoms with Crippen LogP contribution in [-0.4, -0.2) is 63.2 Å². The highest BCUT2D eigenvalue weighted by molar-refractivity contribution is 5.85. The Morgan fingerprint density at radius 2 is 1.62 bits per heavy atom. The highest BCUT2D eigenvalue weighted by atomic mass is 35.5. The van der Waals surface area contributed by atoms with E-state index in [1.54, 1.807) is 0 Å². The molecule has 0 bridgehead atoms. The van der Waals surface area contributed by atoms with Gasteiger partial charge in [-0.15, -0.1) is 24.8 Å².